The number of rotatable bonds is 4. The van der Waals surface area contributed by atoms with E-state index in [4.69, 9.17) is 9.47 Å². The van der Waals surface area contributed by atoms with Crippen molar-refractivity contribution < 1.29 is 19.1 Å². The summed E-state index contributed by atoms with van der Waals surface area (Å²) in [6, 6.07) is 28.5. The second kappa shape index (κ2) is 7.33. The summed E-state index contributed by atoms with van der Waals surface area (Å²) in [5.41, 5.74) is 1.29. The van der Waals surface area contributed by atoms with Crippen LogP contribution in [0.4, 0.5) is 0 Å². The molecule has 0 aromatic heterocycles. The third-order valence-corrected chi connectivity index (χ3v) is 4.91. The Bertz CT molecular complexity index is 1260. The molecular weight excluding hydrogens is 376 g/mol. The maximum absolute atomic E-state index is 13.3. The molecule has 0 saturated heterocycles. The average molecular weight is 392 g/mol. The predicted octanol–water partition coefficient (Wildman–Crippen LogP) is 6.05. The maximum atomic E-state index is 13.3. The molecule has 0 unspecified atom stereocenters. The normalized spacial score (nSPS) is 12.1. The number of benzene rings is 4. The molecule has 0 amide bonds. The third-order valence-electron chi connectivity index (χ3n) is 4.91. The van der Waals surface area contributed by atoms with E-state index in [1.807, 2.05) is 48.5 Å². The van der Waals surface area contributed by atoms with Gasteiger partial charge in [-0.25, -0.2) is 0 Å². The van der Waals surface area contributed by atoms with Gasteiger partial charge in [-0.1, -0.05) is 60.7 Å². The highest BCUT2D eigenvalue weighted by molar-refractivity contribution is 6.29. The van der Waals surface area contributed by atoms with E-state index in [0.717, 1.165) is 0 Å². The summed E-state index contributed by atoms with van der Waals surface area (Å²) in [6.07, 6.45) is 0. The van der Waals surface area contributed by atoms with Crippen molar-refractivity contribution in [3.05, 3.63) is 119 Å². The van der Waals surface area contributed by atoms with E-state index in [-0.39, 0.29) is 28.4 Å². The monoisotopic (exact) mass is 392 g/mol. The first-order chi connectivity index (χ1) is 14.7. The summed E-state index contributed by atoms with van der Waals surface area (Å²) in [7, 11) is 0. The standard InChI is InChI=1S/C26H16O4/c27-25-20-13-7-8-14-21(20)26(28)24-22(25)15-19(29-17-9-3-1-4-10-17)16-23(24)30-18-11-5-2-6-12-18/h1-16H. The van der Waals surface area contributed by atoms with Crippen molar-refractivity contribution in [2.45, 2.75) is 0 Å². The molecule has 144 valence electrons. The second-order valence-corrected chi connectivity index (χ2v) is 6.88. The van der Waals surface area contributed by atoms with Crippen molar-refractivity contribution >= 4 is 11.6 Å². The SMILES string of the molecule is O=C1c2ccccc2C(=O)c2c(Oc3ccccc3)cc(Oc3ccccc3)cc21. The van der Waals surface area contributed by atoms with E-state index in [1.165, 1.54) is 0 Å². The number of hydrogen-bond donors (Lipinski definition) is 0. The first kappa shape index (κ1) is 17.9. The van der Waals surface area contributed by atoms with Crippen molar-refractivity contribution in [2.24, 2.45) is 0 Å². The van der Waals surface area contributed by atoms with Crippen molar-refractivity contribution in [2.75, 3.05) is 0 Å². The Hall–Kier alpha value is -4.18. The fourth-order valence-electron chi connectivity index (χ4n) is 3.54. The van der Waals surface area contributed by atoms with Gasteiger partial charge in [-0.2, -0.15) is 0 Å². The molecule has 4 heteroatoms. The van der Waals surface area contributed by atoms with Crippen molar-refractivity contribution in [1.29, 1.82) is 0 Å². The summed E-state index contributed by atoms with van der Waals surface area (Å²) in [4.78, 5) is 26.5. The highest BCUT2D eigenvalue weighted by atomic mass is 16.5. The predicted molar refractivity (Wildman–Crippen MR) is 113 cm³/mol. The lowest BCUT2D eigenvalue weighted by Crippen LogP contribution is -2.21. The molecule has 30 heavy (non-hydrogen) atoms. The Balaban J connectivity index is 1.67. The van der Waals surface area contributed by atoms with Gasteiger partial charge in [0.25, 0.3) is 0 Å². The summed E-state index contributed by atoms with van der Waals surface area (Å²) in [6.45, 7) is 0. The van der Waals surface area contributed by atoms with Gasteiger partial charge in [0.05, 0.1) is 5.56 Å². The molecular formula is C26H16O4. The van der Waals surface area contributed by atoms with Crippen LogP contribution in [0.15, 0.2) is 97.1 Å². The van der Waals surface area contributed by atoms with Gasteiger partial charge in [0.15, 0.2) is 11.6 Å². The van der Waals surface area contributed by atoms with Gasteiger partial charge in [0.2, 0.25) is 0 Å². The van der Waals surface area contributed by atoms with Crippen molar-refractivity contribution in [3.63, 3.8) is 0 Å². The van der Waals surface area contributed by atoms with Crippen LogP contribution in [0.5, 0.6) is 23.0 Å². The van der Waals surface area contributed by atoms with E-state index in [2.05, 4.69) is 0 Å². The van der Waals surface area contributed by atoms with Gasteiger partial charge >= 0.3 is 0 Å². The van der Waals surface area contributed by atoms with E-state index in [9.17, 15) is 9.59 Å². The van der Waals surface area contributed by atoms with Crippen LogP contribution in [-0.4, -0.2) is 11.6 Å². The topological polar surface area (TPSA) is 52.6 Å². The Morgan fingerprint density at radius 1 is 0.467 bits per heavy atom. The minimum absolute atomic E-state index is 0.225. The van der Waals surface area contributed by atoms with Gasteiger partial charge in [-0.15, -0.1) is 0 Å². The van der Waals surface area contributed by atoms with Crippen LogP contribution < -0.4 is 9.47 Å². The summed E-state index contributed by atoms with van der Waals surface area (Å²) >= 11 is 0. The van der Waals surface area contributed by atoms with E-state index in [0.29, 0.717) is 28.4 Å². The molecule has 5 rings (SSSR count). The zero-order chi connectivity index (χ0) is 20.5. The van der Waals surface area contributed by atoms with Gasteiger partial charge in [0, 0.05) is 22.8 Å². The fraction of sp³-hybridized carbons (Fsp3) is 0. The molecule has 0 aliphatic heterocycles. The van der Waals surface area contributed by atoms with Crippen molar-refractivity contribution in [1.82, 2.24) is 0 Å². The number of fused-ring (bicyclic) bond motifs is 2. The number of carbonyl (C=O) groups excluding carboxylic acids is 2. The molecule has 0 fully saturated rings. The Morgan fingerprint density at radius 3 is 1.63 bits per heavy atom. The van der Waals surface area contributed by atoms with E-state index >= 15 is 0 Å². The zero-order valence-electron chi connectivity index (χ0n) is 15.9. The number of hydrogen-bond acceptors (Lipinski definition) is 4. The van der Waals surface area contributed by atoms with Crippen LogP contribution in [0.1, 0.15) is 31.8 Å². The van der Waals surface area contributed by atoms with Gasteiger partial charge < -0.3 is 9.47 Å². The minimum atomic E-state index is -0.239. The first-order valence-corrected chi connectivity index (χ1v) is 9.53. The van der Waals surface area contributed by atoms with Crippen LogP contribution in [0.2, 0.25) is 0 Å². The lowest BCUT2D eigenvalue weighted by molar-refractivity contribution is 0.0977. The molecule has 4 aromatic carbocycles. The molecule has 0 spiro atoms. The summed E-state index contributed by atoms with van der Waals surface area (Å²) in [5, 5.41) is 0. The zero-order valence-corrected chi connectivity index (χ0v) is 15.9. The molecule has 0 radical (unpaired) electrons. The minimum Gasteiger partial charge on any atom is -0.457 e. The van der Waals surface area contributed by atoms with Crippen LogP contribution in [0, 0.1) is 0 Å². The van der Waals surface area contributed by atoms with E-state index < -0.39 is 0 Å². The van der Waals surface area contributed by atoms with Crippen LogP contribution in [0.3, 0.4) is 0 Å². The highest BCUT2D eigenvalue weighted by Gasteiger charge is 2.33. The van der Waals surface area contributed by atoms with Crippen LogP contribution in [0.25, 0.3) is 0 Å². The average Bonchev–Trinajstić information content (AvgIpc) is 2.79. The van der Waals surface area contributed by atoms with Crippen LogP contribution >= 0.6 is 0 Å². The number of ketones is 2. The molecule has 0 heterocycles. The Kier molecular flexibility index (Phi) is 4.37. The highest BCUT2D eigenvalue weighted by Crippen LogP contribution is 2.39. The number of para-hydroxylation sites is 2. The largest absolute Gasteiger partial charge is 0.457 e. The number of ether oxygens (including phenoxy) is 2. The molecule has 1 aliphatic carbocycles. The fourth-order valence-corrected chi connectivity index (χ4v) is 3.54. The van der Waals surface area contributed by atoms with Crippen molar-refractivity contribution in [3.8, 4) is 23.0 Å². The quantitative estimate of drug-likeness (QED) is 0.374. The molecule has 0 saturated carbocycles. The molecule has 1 aliphatic rings. The van der Waals surface area contributed by atoms with Gasteiger partial charge in [0.1, 0.15) is 23.0 Å². The lowest BCUT2D eigenvalue weighted by Gasteiger charge is -2.21. The molecule has 0 bridgehead atoms. The van der Waals surface area contributed by atoms with Gasteiger partial charge in [-0.05, 0) is 30.3 Å². The van der Waals surface area contributed by atoms with Gasteiger partial charge in [-0.3, -0.25) is 9.59 Å². The second-order valence-electron chi connectivity index (χ2n) is 6.88. The molecule has 0 atom stereocenters. The first-order valence-electron chi connectivity index (χ1n) is 9.53. The summed E-state index contributed by atoms with van der Waals surface area (Å²) in [5.74, 6) is 1.44. The Morgan fingerprint density at radius 2 is 1.00 bits per heavy atom. The number of carbonyl (C=O) groups is 2. The van der Waals surface area contributed by atoms with E-state index in [1.54, 1.807) is 48.5 Å². The Labute approximate surface area is 173 Å². The van der Waals surface area contributed by atoms with Crippen LogP contribution in [-0.2, 0) is 0 Å². The summed E-state index contributed by atoms with van der Waals surface area (Å²) < 4.78 is 12.0. The molecule has 4 aromatic rings. The third kappa shape index (κ3) is 3.14. The lowest BCUT2D eigenvalue weighted by atomic mass is 9.83. The molecule has 0 N–H and O–H groups in total. The maximum Gasteiger partial charge on any atom is 0.198 e. The smallest absolute Gasteiger partial charge is 0.198 e. The molecule has 4 nitrogen and oxygen atoms in total.